The summed E-state index contributed by atoms with van der Waals surface area (Å²) in [5.41, 5.74) is 6.36. The summed E-state index contributed by atoms with van der Waals surface area (Å²) < 4.78 is 0.794. The van der Waals surface area contributed by atoms with Crippen LogP contribution in [-0.2, 0) is 0 Å². The first-order valence-corrected chi connectivity index (χ1v) is 4.94. The van der Waals surface area contributed by atoms with Crippen molar-refractivity contribution in [2.45, 2.75) is 19.1 Å². The monoisotopic (exact) mass is 264 g/mol. The summed E-state index contributed by atoms with van der Waals surface area (Å²) in [5, 5.41) is 9.59. The van der Waals surface area contributed by atoms with E-state index < -0.39 is 12.1 Å². The fourth-order valence-electron chi connectivity index (χ4n) is 0.932. The molecule has 1 aromatic heterocycles. The van der Waals surface area contributed by atoms with E-state index in [2.05, 4.69) is 20.9 Å². The lowest BCUT2D eigenvalue weighted by Crippen LogP contribution is -2.23. The molecule has 0 aliphatic carbocycles. The van der Waals surface area contributed by atoms with Gasteiger partial charge in [-0.3, -0.25) is 0 Å². The average Bonchev–Trinajstić information content (AvgIpc) is 2.08. The van der Waals surface area contributed by atoms with E-state index in [9.17, 15) is 5.11 Å². The predicted octanol–water partition coefficient (Wildman–Crippen LogP) is 1.88. The predicted molar refractivity (Wildman–Crippen MR) is 55.6 cm³/mol. The zero-order valence-electron chi connectivity index (χ0n) is 7.04. The van der Waals surface area contributed by atoms with Crippen LogP contribution in [0.15, 0.2) is 16.7 Å². The summed E-state index contributed by atoms with van der Waals surface area (Å²) >= 11 is 9.07. The summed E-state index contributed by atoms with van der Waals surface area (Å²) in [6.07, 6.45) is 0.939. The van der Waals surface area contributed by atoms with Crippen LogP contribution in [0.5, 0.6) is 0 Å². The highest BCUT2D eigenvalue weighted by atomic mass is 79.9. The van der Waals surface area contributed by atoms with Crippen LogP contribution in [0.25, 0.3) is 0 Å². The van der Waals surface area contributed by atoms with Gasteiger partial charge in [-0.2, -0.15) is 0 Å². The van der Waals surface area contributed by atoms with Crippen molar-refractivity contribution < 1.29 is 5.11 Å². The van der Waals surface area contributed by atoms with Crippen molar-refractivity contribution in [2.24, 2.45) is 5.73 Å². The highest BCUT2D eigenvalue weighted by Crippen LogP contribution is 2.24. The number of pyridine rings is 1. The normalized spacial score (nSPS) is 15.5. The Hall–Kier alpha value is -0.160. The third-order valence-corrected chi connectivity index (χ3v) is 2.46. The van der Waals surface area contributed by atoms with E-state index in [0.717, 1.165) is 4.47 Å². The summed E-state index contributed by atoms with van der Waals surface area (Å²) in [4.78, 5) is 3.91. The molecule has 1 aromatic rings. The maximum atomic E-state index is 9.26. The number of rotatable bonds is 2. The van der Waals surface area contributed by atoms with Gasteiger partial charge in [0, 0.05) is 16.2 Å². The molecular weight excluding hydrogens is 255 g/mol. The highest BCUT2D eigenvalue weighted by Gasteiger charge is 2.16. The Bertz CT molecular complexity index is 306. The van der Waals surface area contributed by atoms with Crippen LogP contribution in [0.1, 0.15) is 18.5 Å². The van der Waals surface area contributed by atoms with E-state index in [1.54, 1.807) is 19.2 Å². The topological polar surface area (TPSA) is 59.1 Å². The van der Waals surface area contributed by atoms with Gasteiger partial charge in [-0.15, -0.1) is 0 Å². The Morgan fingerprint density at radius 1 is 1.69 bits per heavy atom. The molecule has 5 heteroatoms. The van der Waals surface area contributed by atoms with E-state index in [-0.39, 0.29) is 0 Å². The zero-order chi connectivity index (χ0) is 10.0. The lowest BCUT2D eigenvalue weighted by atomic mass is 10.1. The van der Waals surface area contributed by atoms with Crippen LogP contribution in [0.4, 0.5) is 0 Å². The quantitative estimate of drug-likeness (QED) is 0.803. The van der Waals surface area contributed by atoms with Crippen molar-refractivity contribution in [1.82, 2.24) is 4.98 Å². The molecule has 0 spiro atoms. The van der Waals surface area contributed by atoms with Gasteiger partial charge >= 0.3 is 0 Å². The summed E-state index contributed by atoms with van der Waals surface area (Å²) in [7, 11) is 0. The van der Waals surface area contributed by atoms with Crippen LogP contribution in [0, 0.1) is 0 Å². The number of aliphatic hydroxyl groups excluding tert-OH is 1. The molecule has 0 unspecified atom stereocenters. The van der Waals surface area contributed by atoms with Gasteiger partial charge in [-0.05, 0) is 28.9 Å². The van der Waals surface area contributed by atoms with E-state index >= 15 is 0 Å². The van der Waals surface area contributed by atoms with Gasteiger partial charge in [0.05, 0.1) is 12.1 Å². The second kappa shape index (κ2) is 4.37. The average molecular weight is 266 g/mol. The molecule has 0 saturated heterocycles. The summed E-state index contributed by atoms with van der Waals surface area (Å²) in [6.45, 7) is 1.61. The lowest BCUT2D eigenvalue weighted by molar-refractivity contribution is 0.164. The molecule has 1 rings (SSSR count). The van der Waals surface area contributed by atoms with Crippen molar-refractivity contribution in [3.63, 3.8) is 0 Å². The van der Waals surface area contributed by atoms with Crippen LogP contribution in [0.2, 0.25) is 5.15 Å². The molecule has 3 nitrogen and oxygen atoms in total. The standard InChI is InChI=1S/C8H10BrClN2O/c1-4(13)7(11)6-2-5(9)3-12-8(6)10/h2-4,7,13H,11H2,1H3/t4-,7+/m1/s1. The number of halogens is 2. The first-order chi connectivity index (χ1) is 6.02. The highest BCUT2D eigenvalue weighted by molar-refractivity contribution is 9.10. The molecule has 0 fully saturated rings. The molecule has 0 radical (unpaired) electrons. The Morgan fingerprint density at radius 2 is 2.31 bits per heavy atom. The first kappa shape index (κ1) is 10.9. The van der Waals surface area contributed by atoms with Crippen molar-refractivity contribution in [3.8, 4) is 0 Å². The molecule has 0 aliphatic heterocycles. The number of aromatic nitrogens is 1. The summed E-state index contributed by atoms with van der Waals surface area (Å²) in [5.74, 6) is 0. The third-order valence-electron chi connectivity index (χ3n) is 1.71. The number of hydrogen-bond donors (Lipinski definition) is 2. The molecule has 0 amide bonds. The first-order valence-electron chi connectivity index (χ1n) is 3.77. The molecule has 3 N–H and O–H groups in total. The minimum Gasteiger partial charge on any atom is -0.391 e. The maximum Gasteiger partial charge on any atom is 0.133 e. The number of nitrogens with two attached hydrogens (primary N) is 1. The van der Waals surface area contributed by atoms with Crippen molar-refractivity contribution in [2.75, 3.05) is 0 Å². The van der Waals surface area contributed by atoms with Gasteiger partial charge in [0.15, 0.2) is 0 Å². The van der Waals surface area contributed by atoms with Crippen LogP contribution >= 0.6 is 27.5 Å². The maximum absolute atomic E-state index is 9.26. The molecule has 0 aromatic carbocycles. The van der Waals surface area contributed by atoms with Gasteiger partial charge in [-0.25, -0.2) is 4.98 Å². The molecule has 1 heterocycles. The van der Waals surface area contributed by atoms with Gasteiger partial charge < -0.3 is 10.8 Å². The van der Waals surface area contributed by atoms with Gasteiger partial charge in [0.2, 0.25) is 0 Å². The van der Waals surface area contributed by atoms with E-state index in [1.165, 1.54) is 0 Å². The number of nitrogens with zero attached hydrogens (tertiary/aromatic N) is 1. The largest absolute Gasteiger partial charge is 0.391 e. The van der Waals surface area contributed by atoms with Crippen LogP contribution in [0.3, 0.4) is 0 Å². The van der Waals surface area contributed by atoms with Crippen LogP contribution < -0.4 is 5.73 Å². The Labute approximate surface area is 90.1 Å². The molecule has 2 atom stereocenters. The Morgan fingerprint density at radius 3 is 2.85 bits per heavy atom. The van der Waals surface area contributed by atoms with E-state index in [0.29, 0.717) is 10.7 Å². The van der Waals surface area contributed by atoms with Gasteiger partial charge in [0.1, 0.15) is 5.15 Å². The molecular formula is C8H10BrClN2O. The molecule has 0 aliphatic rings. The molecule has 0 bridgehead atoms. The summed E-state index contributed by atoms with van der Waals surface area (Å²) in [6, 6.07) is 1.25. The molecule has 0 saturated carbocycles. The van der Waals surface area contributed by atoms with Crippen LogP contribution in [-0.4, -0.2) is 16.2 Å². The molecule has 13 heavy (non-hydrogen) atoms. The smallest absolute Gasteiger partial charge is 0.133 e. The second-order valence-corrected chi connectivity index (χ2v) is 4.07. The molecule has 72 valence electrons. The van der Waals surface area contributed by atoms with Crippen molar-refractivity contribution in [1.29, 1.82) is 0 Å². The number of aliphatic hydroxyl groups is 1. The number of hydrogen-bond acceptors (Lipinski definition) is 3. The van der Waals surface area contributed by atoms with Gasteiger partial charge in [0.25, 0.3) is 0 Å². The van der Waals surface area contributed by atoms with E-state index in [4.69, 9.17) is 17.3 Å². The zero-order valence-corrected chi connectivity index (χ0v) is 9.38. The van der Waals surface area contributed by atoms with Crippen molar-refractivity contribution >= 4 is 27.5 Å². The Balaban J connectivity index is 3.05. The second-order valence-electron chi connectivity index (χ2n) is 2.80. The minimum atomic E-state index is -0.645. The Kier molecular flexibility index (Phi) is 3.67. The van der Waals surface area contributed by atoms with Crippen molar-refractivity contribution in [3.05, 3.63) is 27.5 Å². The fourth-order valence-corrected chi connectivity index (χ4v) is 1.51. The SMILES string of the molecule is C[C@@H](O)[C@H](N)c1cc(Br)cnc1Cl. The lowest BCUT2D eigenvalue weighted by Gasteiger charge is -2.15. The minimum absolute atomic E-state index is 0.330. The van der Waals surface area contributed by atoms with Gasteiger partial charge in [-0.1, -0.05) is 11.6 Å². The van der Waals surface area contributed by atoms with E-state index in [1.807, 2.05) is 0 Å². The third kappa shape index (κ3) is 2.64. The fraction of sp³-hybridized carbons (Fsp3) is 0.375.